The molecule has 3 aromatic rings. The number of aryl methyl sites for hydroxylation is 2. The van der Waals surface area contributed by atoms with Crippen molar-refractivity contribution >= 4 is 38.6 Å². The molecule has 1 atom stereocenters. The monoisotopic (exact) mass is 439 g/mol. The topological polar surface area (TPSA) is 79.2 Å². The van der Waals surface area contributed by atoms with Crippen LogP contribution in [0.4, 0.5) is 0 Å². The van der Waals surface area contributed by atoms with Gasteiger partial charge in [-0.25, -0.2) is 0 Å². The van der Waals surface area contributed by atoms with Gasteiger partial charge < -0.3 is 15.6 Å². The number of hydrogen-bond donors (Lipinski definition) is 2. The SMILES string of the molecule is CN(C(=O)c1ccc2[nH]c3c(c2c1)CCCC3)C(C(N)=O)c1cccc(Br)c1. The molecule has 6 heteroatoms. The summed E-state index contributed by atoms with van der Waals surface area (Å²) in [5, 5.41) is 1.10. The van der Waals surface area contributed by atoms with Crippen molar-refractivity contribution in [3.05, 3.63) is 69.3 Å². The number of primary amides is 1. The van der Waals surface area contributed by atoms with Gasteiger partial charge in [0, 0.05) is 33.7 Å². The number of nitrogens with zero attached hydrogens (tertiary/aromatic N) is 1. The maximum absolute atomic E-state index is 13.2. The molecule has 5 nitrogen and oxygen atoms in total. The van der Waals surface area contributed by atoms with Gasteiger partial charge in [-0.15, -0.1) is 0 Å². The lowest BCUT2D eigenvalue weighted by atomic mass is 9.95. The van der Waals surface area contributed by atoms with E-state index in [9.17, 15) is 9.59 Å². The van der Waals surface area contributed by atoms with Gasteiger partial charge >= 0.3 is 0 Å². The Kier molecular flexibility index (Phi) is 4.98. The first-order valence-electron chi connectivity index (χ1n) is 9.41. The molecule has 28 heavy (non-hydrogen) atoms. The van der Waals surface area contributed by atoms with Gasteiger partial charge in [-0.1, -0.05) is 28.1 Å². The van der Waals surface area contributed by atoms with Gasteiger partial charge in [0.2, 0.25) is 5.91 Å². The fraction of sp³-hybridized carbons (Fsp3) is 0.273. The number of aromatic nitrogens is 1. The molecule has 0 saturated carbocycles. The Labute approximate surface area is 172 Å². The summed E-state index contributed by atoms with van der Waals surface area (Å²) in [5.74, 6) is -0.787. The molecule has 0 fully saturated rings. The van der Waals surface area contributed by atoms with Crippen LogP contribution in [0.1, 0.15) is 46.1 Å². The predicted octanol–water partition coefficient (Wildman–Crippen LogP) is 4.11. The molecule has 2 amide bonds. The van der Waals surface area contributed by atoms with Crippen molar-refractivity contribution < 1.29 is 9.59 Å². The van der Waals surface area contributed by atoms with E-state index in [1.54, 1.807) is 13.1 Å². The molecule has 144 valence electrons. The van der Waals surface area contributed by atoms with E-state index in [1.165, 1.54) is 29.0 Å². The lowest BCUT2D eigenvalue weighted by Crippen LogP contribution is -2.39. The van der Waals surface area contributed by atoms with Crippen molar-refractivity contribution in [3.8, 4) is 0 Å². The normalized spacial score (nSPS) is 14.5. The number of H-pyrrole nitrogens is 1. The first-order chi connectivity index (χ1) is 13.5. The minimum absolute atomic E-state index is 0.226. The van der Waals surface area contributed by atoms with Crippen molar-refractivity contribution in [3.63, 3.8) is 0 Å². The highest BCUT2D eigenvalue weighted by Crippen LogP contribution is 2.31. The van der Waals surface area contributed by atoms with E-state index in [4.69, 9.17) is 5.73 Å². The Morgan fingerprint density at radius 2 is 1.93 bits per heavy atom. The number of benzene rings is 2. The number of carbonyl (C=O) groups is 2. The smallest absolute Gasteiger partial charge is 0.254 e. The highest BCUT2D eigenvalue weighted by molar-refractivity contribution is 9.10. The van der Waals surface area contributed by atoms with E-state index >= 15 is 0 Å². The van der Waals surface area contributed by atoms with Crippen LogP contribution >= 0.6 is 15.9 Å². The van der Waals surface area contributed by atoms with Crippen molar-refractivity contribution in [2.75, 3.05) is 7.05 Å². The minimum atomic E-state index is -0.833. The number of rotatable bonds is 4. The summed E-state index contributed by atoms with van der Waals surface area (Å²) in [5.41, 5.74) is 10.5. The number of amides is 2. The number of hydrogen-bond acceptors (Lipinski definition) is 2. The molecular formula is C22H22BrN3O2. The van der Waals surface area contributed by atoms with E-state index in [0.29, 0.717) is 11.1 Å². The van der Waals surface area contributed by atoms with Gasteiger partial charge in [-0.3, -0.25) is 9.59 Å². The zero-order chi connectivity index (χ0) is 19.8. The fourth-order valence-corrected chi connectivity index (χ4v) is 4.53. The Balaban J connectivity index is 1.70. The molecule has 4 rings (SSSR count). The third-order valence-corrected chi connectivity index (χ3v) is 5.98. The Morgan fingerprint density at radius 3 is 2.68 bits per heavy atom. The average Bonchev–Trinajstić information content (AvgIpc) is 3.05. The molecule has 3 N–H and O–H groups in total. The van der Waals surface area contributed by atoms with Crippen LogP contribution in [0.25, 0.3) is 10.9 Å². The maximum Gasteiger partial charge on any atom is 0.254 e. The molecule has 1 aliphatic carbocycles. The van der Waals surface area contributed by atoms with Crippen molar-refractivity contribution in [1.82, 2.24) is 9.88 Å². The molecule has 1 aliphatic rings. The summed E-state index contributed by atoms with van der Waals surface area (Å²) in [6.45, 7) is 0. The van der Waals surface area contributed by atoms with E-state index < -0.39 is 11.9 Å². The lowest BCUT2D eigenvalue weighted by Gasteiger charge is -2.26. The Bertz CT molecular complexity index is 1070. The summed E-state index contributed by atoms with van der Waals surface area (Å²) in [6.07, 6.45) is 4.45. The molecular weight excluding hydrogens is 418 g/mol. The van der Waals surface area contributed by atoms with Crippen LogP contribution in [0.5, 0.6) is 0 Å². The number of aromatic amines is 1. The predicted molar refractivity (Wildman–Crippen MR) is 113 cm³/mol. The molecule has 1 unspecified atom stereocenters. The van der Waals surface area contributed by atoms with Crippen LogP contribution in [0.2, 0.25) is 0 Å². The van der Waals surface area contributed by atoms with Crippen LogP contribution in [0.15, 0.2) is 46.9 Å². The summed E-state index contributed by atoms with van der Waals surface area (Å²) in [4.78, 5) is 30.2. The highest BCUT2D eigenvalue weighted by Gasteiger charge is 2.28. The first kappa shape index (κ1) is 18.7. The highest BCUT2D eigenvalue weighted by atomic mass is 79.9. The van der Waals surface area contributed by atoms with E-state index in [1.807, 2.05) is 36.4 Å². The second-order valence-electron chi connectivity index (χ2n) is 7.33. The zero-order valence-corrected chi connectivity index (χ0v) is 17.3. The van der Waals surface area contributed by atoms with Gasteiger partial charge in [0.05, 0.1) is 0 Å². The Hall–Kier alpha value is -2.60. The van der Waals surface area contributed by atoms with Crippen LogP contribution in [-0.4, -0.2) is 28.7 Å². The van der Waals surface area contributed by atoms with Gasteiger partial charge in [0.1, 0.15) is 6.04 Å². The second kappa shape index (κ2) is 7.43. The first-order valence-corrected chi connectivity index (χ1v) is 10.2. The molecule has 1 heterocycles. The molecule has 0 saturated heterocycles. The molecule has 0 spiro atoms. The second-order valence-corrected chi connectivity index (χ2v) is 8.24. The third-order valence-electron chi connectivity index (χ3n) is 5.49. The summed E-state index contributed by atoms with van der Waals surface area (Å²) in [6, 6.07) is 12.2. The molecule has 0 aliphatic heterocycles. The summed E-state index contributed by atoms with van der Waals surface area (Å²) in [7, 11) is 1.62. The molecule has 0 bridgehead atoms. The van der Waals surface area contributed by atoms with Gasteiger partial charge in [0.15, 0.2) is 0 Å². The number of halogens is 1. The standard InChI is InChI=1S/C22H22BrN3O2/c1-26(20(21(24)27)13-5-4-6-15(23)11-13)22(28)14-9-10-19-17(12-14)16-7-2-3-8-18(16)25-19/h4-6,9-12,20,25H,2-3,7-8H2,1H3,(H2,24,27). The third kappa shape index (κ3) is 3.33. The van der Waals surface area contributed by atoms with Crippen molar-refractivity contribution in [1.29, 1.82) is 0 Å². The van der Waals surface area contributed by atoms with Gasteiger partial charge in [-0.2, -0.15) is 0 Å². The van der Waals surface area contributed by atoms with E-state index in [0.717, 1.165) is 28.2 Å². The number of nitrogens with two attached hydrogens (primary N) is 1. The van der Waals surface area contributed by atoms with Gasteiger partial charge in [-0.05, 0) is 67.1 Å². The average molecular weight is 440 g/mol. The van der Waals surface area contributed by atoms with Crippen LogP contribution in [-0.2, 0) is 17.6 Å². The summed E-state index contributed by atoms with van der Waals surface area (Å²) < 4.78 is 0.831. The van der Waals surface area contributed by atoms with Gasteiger partial charge in [0.25, 0.3) is 5.91 Å². The lowest BCUT2D eigenvalue weighted by molar-refractivity contribution is -0.122. The number of fused-ring (bicyclic) bond motifs is 3. The number of likely N-dealkylation sites (N-methyl/N-ethyl adjacent to an activating group) is 1. The minimum Gasteiger partial charge on any atom is -0.368 e. The quantitative estimate of drug-likeness (QED) is 0.641. The zero-order valence-electron chi connectivity index (χ0n) is 15.7. The molecule has 2 aromatic carbocycles. The van der Waals surface area contributed by atoms with Crippen molar-refractivity contribution in [2.24, 2.45) is 5.73 Å². The van der Waals surface area contributed by atoms with Crippen LogP contribution < -0.4 is 5.73 Å². The summed E-state index contributed by atoms with van der Waals surface area (Å²) >= 11 is 3.41. The number of nitrogens with one attached hydrogen (secondary N) is 1. The molecule has 1 aromatic heterocycles. The van der Waals surface area contributed by atoms with E-state index in [-0.39, 0.29) is 5.91 Å². The number of carbonyl (C=O) groups excluding carboxylic acids is 2. The van der Waals surface area contributed by atoms with Crippen LogP contribution in [0.3, 0.4) is 0 Å². The van der Waals surface area contributed by atoms with Crippen molar-refractivity contribution in [2.45, 2.75) is 31.7 Å². The maximum atomic E-state index is 13.2. The Morgan fingerprint density at radius 1 is 1.14 bits per heavy atom. The largest absolute Gasteiger partial charge is 0.368 e. The van der Waals surface area contributed by atoms with E-state index in [2.05, 4.69) is 20.9 Å². The fourth-order valence-electron chi connectivity index (χ4n) is 4.12. The van der Waals surface area contributed by atoms with Crippen LogP contribution in [0, 0.1) is 0 Å². The molecule has 0 radical (unpaired) electrons.